The van der Waals surface area contributed by atoms with Crippen molar-refractivity contribution < 1.29 is 4.79 Å². The first-order chi connectivity index (χ1) is 13.7. The van der Waals surface area contributed by atoms with Crippen LogP contribution in [0.25, 0.3) is 11.4 Å². The first kappa shape index (κ1) is 18.0. The van der Waals surface area contributed by atoms with Crippen LogP contribution in [-0.4, -0.2) is 50.9 Å². The molecule has 4 rings (SSSR count). The van der Waals surface area contributed by atoms with Gasteiger partial charge in [-0.1, -0.05) is 0 Å². The van der Waals surface area contributed by atoms with Crippen molar-refractivity contribution in [2.24, 2.45) is 0 Å². The molecule has 3 aromatic heterocycles. The highest BCUT2D eigenvalue weighted by atomic mass is 16.2. The van der Waals surface area contributed by atoms with Gasteiger partial charge in [-0.2, -0.15) is 0 Å². The van der Waals surface area contributed by atoms with E-state index in [0.717, 1.165) is 36.5 Å². The van der Waals surface area contributed by atoms with Crippen molar-refractivity contribution in [2.75, 3.05) is 25.5 Å². The number of piperidine rings is 1. The van der Waals surface area contributed by atoms with Crippen molar-refractivity contribution in [3.63, 3.8) is 0 Å². The van der Waals surface area contributed by atoms with Crippen molar-refractivity contribution in [3.05, 3.63) is 66.4 Å². The Labute approximate surface area is 163 Å². The fourth-order valence-corrected chi connectivity index (χ4v) is 3.50. The van der Waals surface area contributed by atoms with Gasteiger partial charge in [0.2, 0.25) is 0 Å². The van der Waals surface area contributed by atoms with Crippen molar-refractivity contribution in [3.8, 4) is 11.4 Å². The normalized spacial score (nSPS) is 16.6. The van der Waals surface area contributed by atoms with Gasteiger partial charge in [-0.25, -0.2) is 9.97 Å². The zero-order chi connectivity index (χ0) is 19.3. The molecule has 1 amide bonds. The van der Waals surface area contributed by atoms with E-state index >= 15 is 0 Å². The summed E-state index contributed by atoms with van der Waals surface area (Å²) in [6.07, 6.45) is 8.72. The summed E-state index contributed by atoms with van der Waals surface area (Å²) in [5, 5.41) is 3.12. The molecule has 0 saturated carbocycles. The van der Waals surface area contributed by atoms with Crippen molar-refractivity contribution in [2.45, 2.75) is 18.8 Å². The number of anilines is 1. The number of carbonyl (C=O) groups excluding carboxylic acids is 1. The van der Waals surface area contributed by atoms with Gasteiger partial charge in [0.25, 0.3) is 5.91 Å². The Bertz CT molecular complexity index is 948. The Morgan fingerprint density at radius 2 is 1.96 bits per heavy atom. The lowest BCUT2D eigenvalue weighted by molar-refractivity contribution is 0.0705. The van der Waals surface area contributed by atoms with E-state index in [9.17, 15) is 4.79 Å². The SMILES string of the molecule is CNc1cc([C@H]2CCCN(C(=O)c3cccnc3)C2)nc(-c2cccnc2)n1. The van der Waals surface area contributed by atoms with Crippen LogP contribution >= 0.6 is 0 Å². The Balaban J connectivity index is 1.60. The molecule has 28 heavy (non-hydrogen) atoms. The van der Waals surface area contributed by atoms with E-state index in [2.05, 4.69) is 20.3 Å². The minimum Gasteiger partial charge on any atom is -0.373 e. The van der Waals surface area contributed by atoms with E-state index in [1.54, 1.807) is 30.9 Å². The number of nitrogens with zero attached hydrogens (tertiary/aromatic N) is 5. The summed E-state index contributed by atoms with van der Waals surface area (Å²) in [6.45, 7) is 1.39. The third-order valence-electron chi connectivity index (χ3n) is 4.96. The summed E-state index contributed by atoms with van der Waals surface area (Å²) in [5.41, 5.74) is 2.44. The van der Waals surface area contributed by atoms with Gasteiger partial charge in [-0.15, -0.1) is 0 Å². The topological polar surface area (TPSA) is 83.9 Å². The van der Waals surface area contributed by atoms with Gasteiger partial charge >= 0.3 is 0 Å². The second-order valence-electron chi connectivity index (χ2n) is 6.83. The highest BCUT2D eigenvalue weighted by Crippen LogP contribution is 2.29. The van der Waals surface area contributed by atoms with Gasteiger partial charge in [-0.05, 0) is 37.1 Å². The largest absolute Gasteiger partial charge is 0.373 e. The predicted molar refractivity (Wildman–Crippen MR) is 107 cm³/mol. The highest BCUT2D eigenvalue weighted by molar-refractivity contribution is 5.94. The molecule has 1 aliphatic heterocycles. The fraction of sp³-hybridized carbons (Fsp3) is 0.286. The van der Waals surface area contributed by atoms with Gasteiger partial charge < -0.3 is 10.2 Å². The molecule has 0 bridgehead atoms. The molecule has 3 aromatic rings. The van der Waals surface area contributed by atoms with Crippen LogP contribution in [0, 0.1) is 0 Å². The summed E-state index contributed by atoms with van der Waals surface area (Å²) >= 11 is 0. The average molecular weight is 374 g/mol. The van der Waals surface area contributed by atoms with E-state index in [-0.39, 0.29) is 11.8 Å². The Hall–Kier alpha value is -3.35. The summed E-state index contributed by atoms with van der Waals surface area (Å²) in [6, 6.07) is 9.40. The van der Waals surface area contributed by atoms with Crippen LogP contribution in [0.15, 0.2) is 55.1 Å². The monoisotopic (exact) mass is 374 g/mol. The molecule has 0 aromatic carbocycles. The third-order valence-corrected chi connectivity index (χ3v) is 4.96. The molecule has 1 aliphatic rings. The number of nitrogens with one attached hydrogen (secondary N) is 1. The third kappa shape index (κ3) is 3.83. The first-order valence-electron chi connectivity index (χ1n) is 9.41. The lowest BCUT2D eigenvalue weighted by Crippen LogP contribution is -2.39. The number of amides is 1. The van der Waals surface area contributed by atoms with Gasteiger partial charge in [0, 0.05) is 62.5 Å². The van der Waals surface area contributed by atoms with Crippen molar-refractivity contribution in [1.82, 2.24) is 24.8 Å². The number of carbonyl (C=O) groups is 1. The van der Waals surface area contributed by atoms with E-state index in [4.69, 9.17) is 4.98 Å². The van der Waals surface area contributed by atoms with Crippen LogP contribution in [0.5, 0.6) is 0 Å². The number of hydrogen-bond acceptors (Lipinski definition) is 6. The van der Waals surface area contributed by atoms with Crippen LogP contribution in [0.3, 0.4) is 0 Å². The van der Waals surface area contributed by atoms with E-state index < -0.39 is 0 Å². The van der Waals surface area contributed by atoms with Crippen LogP contribution in [0.1, 0.15) is 34.8 Å². The van der Waals surface area contributed by atoms with Gasteiger partial charge in [0.05, 0.1) is 11.3 Å². The second kappa shape index (κ2) is 8.12. The molecule has 1 fully saturated rings. The molecular formula is C21H22N6O. The van der Waals surface area contributed by atoms with Crippen molar-refractivity contribution in [1.29, 1.82) is 0 Å². The quantitative estimate of drug-likeness (QED) is 0.756. The first-order valence-corrected chi connectivity index (χ1v) is 9.41. The smallest absolute Gasteiger partial charge is 0.255 e. The zero-order valence-electron chi connectivity index (χ0n) is 15.7. The number of pyridine rings is 2. The Morgan fingerprint density at radius 1 is 1.14 bits per heavy atom. The molecule has 1 atom stereocenters. The molecule has 0 radical (unpaired) electrons. The number of rotatable bonds is 4. The molecule has 0 aliphatic carbocycles. The standard InChI is InChI=1S/C21H22N6O/c1-22-19-11-18(25-20(26-19)15-5-2-8-23-12-15)17-7-4-10-27(14-17)21(28)16-6-3-9-24-13-16/h2-3,5-6,8-9,11-13,17H,4,7,10,14H2,1H3,(H,22,25,26)/t17-/m0/s1. The molecule has 7 heteroatoms. The summed E-state index contributed by atoms with van der Waals surface area (Å²) in [4.78, 5) is 32.3. The minimum absolute atomic E-state index is 0.0215. The molecule has 7 nitrogen and oxygen atoms in total. The van der Waals surface area contributed by atoms with Gasteiger partial charge in [0.15, 0.2) is 5.82 Å². The molecule has 1 N–H and O–H groups in total. The number of hydrogen-bond donors (Lipinski definition) is 1. The Morgan fingerprint density at radius 3 is 2.68 bits per heavy atom. The van der Waals surface area contributed by atoms with Crippen molar-refractivity contribution >= 4 is 11.7 Å². The predicted octanol–water partition coefficient (Wildman–Crippen LogP) is 3.00. The van der Waals surface area contributed by atoms with E-state index in [0.29, 0.717) is 17.9 Å². The van der Waals surface area contributed by atoms with Gasteiger partial charge in [-0.3, -0.25) is 14.8 Å². The van der Waals surface area contributed by atoms with Crippen LogP contribution < -0.4 is 5.32 Å². The minimum atomic E-state index is 0.0215. The maximum atomic E-state index is 12.8. The summed E-state index contributed by atoms with van der Waals surface area (Å²) < 4.78 is 0. The lowest BCUT2D eigenvalue weighted by atomic mass is 9.94. The summed E-state index contributed by atoms with van der Waals surface area (Å²) in [7, 11) is 1.85. The Kier molecular flexibility index (Phi) is 5.23. The molecule has 0 spiro atoms. The van der Waals surface area contributed by atoms with Crippen LogP contribution in [-0.2, 0) is 0 Å². The van der Waals surface area contributed by atoms with Crippen LogP contribution in [0.2, 0.25) is 0 Å². The van der Waals surface area contributed by atoms with E-state index in [1.165, 1.54) is 0 Å². The van der Waals surface area contributed by atoms with Crippen LogP contribution in [0.4, 0.5) is 5.82 Å². The summed E-state index contributed by atoms with van der Waals surface area (Å²) in [5.74, 6) is 1.60. The molecular weight excluding hydrogens is 352 g/mol. The fourth-order valence-electron chi connectivity index (χ4n) is 3.50. The molecule has 4 heterocycles. The van der Waals surface area contributed by atoms with Gasteiger partial charge in [0.1, 0.15) is 5.82 Å². The maximum Gasteiger partial charge on any atom is 0.255 e. The second-order valence-corrected chi connectivity index (χ2v) is 6.83. The van der Waals surface area contributed by atoms with E-state index in [1.807, 2.05) is 36.2 Å². The average Bonchev–Trinajstić information content (AvgIpc) is 2.79. The highest BCUT2D eigenvalue weighted by Gasteiger charge is 2.27. The number of aromatic nitrogens is 4. The lowest BCUT2D eigenvalue weighted by Gasteiger charge is -2.32. The zero-order valence-corrected chi connectivity index (χ0v) is 15.7. The molecule has 142 valence electrons. The molecule has 0 unspecified atom stereocenters. The molecule has 1 saturated heterocycles. The maximum absolute atomic E-state index is 12.8. The number of likely N-dealkylation sites (tertiary alicyclic amines) is 1.